The minimum Gasteiger partial charge on any atom is -0.387 e. The molecule has 3 aromatic rings. The Morgan fingerprint density at radius 3 is 3.00 bits per heavy atom. The number of fused-ring (bicyclic) bond motifs is 1. The number of nitrogens with zero attached hydrogens (tertiary/aromatic N) is 1. The molecule has 1 aromatic carbocycles. The Bertz CT molecular complexity index is 762. The molecule has 2 N–H and O–H groups in total. The number of thiophene rings is 1. The second-order valence-electron chi connectivity index (χ2n) is 4.98. The van der Waals surface area contributed by atoms with Gasteiger partial charge in [-0.1, -0.05) is 6.07 Å². The predicted octanol–water partition coefficient (Wildman–Crippen LogP) is 2.70. The Hall–Kier alpha value is -2.11. The van der Waals surface area contributed by atoms with Crippen LogP contribution in [0.5, 0.6) is 0 Å². The number of hydrogen-bond acceptors (Lipinski definition) is 3. The minimum atomic E-state index is -0.711. The van der Waals surface area contributed by atoms with Gasteiger partial charge in [-0.3, -0.25) is 4.79 Å². The molecule has 0 fully saturated rings. The fourth-order valence-corrected chi connectivity index (χ4v) is 2.95. The summed E-state index contributed by atoms with van der Waals surface area (Å²) in [5.74, 6) is -0.156. The van der Waals surface area contributed by atoms with Crippen molar-refractivity contribution in [3.05, 3.63) is 58.4 Å². The van der Waals surface area contributed by atoms with Gasteiger partial charge in [0.05, 0.1) is 6.10 Å². The first-order chi connectivity index (χ1) is 10.1. The average molecular weight is 300 g/mol. The van der Waals surface area contributed by atoms with Gasteiger partial charge < -0.3 is 15.0 Å². The van der Waals surface area contributed by atoms with Gasteiger partial charge in [0.15, 0.2) is 0 Å². The number of aromatic nitrogens is 1. The minimum absolute atomic E-state index is 0.156. The summed E-state index contributed by atoms with van der Waals surface area (Å²) >= 11 is 1.48. The number of aliphatic hydroxyl groups excluding tert-OH is 1. The molecule has 0 saturated carbocycles. The van der Waals surface area contributed by atoms with E-state index in [-0.39, 0.29) is 12.5 Å². The highest BCUT2D eigenvalue weighted by Gasteiger charge is 2.12. The van der Waals surface area contributed by atoms with E-state index in [2.05, 4.69) is 5.32 Å². The van der Waals surface area contributed by atoms with Crippen molar-refractivity contribution in [2.24, 2.45) is 7.05 Å². The Morgan fingerprint density at radius 2 is 2.24 bits per heavy atom. The molecule has 0 spiro atoms. The highest BCUT2D eigenvalue weighted by Crippen LogP contribution is 2.20. The smallest absolute Gasteiger partial charge is 0.252 e. The van der Waals surface area contributed by atoms with E-state index in [9.17, 15) is 9.90 Å². The summed E-state index contributed by atoms with van der Waals surface area (Å²) in [7, 11) is 1.99. The summed E-state index contributed by atoms with van der Waals surface area (Å²) in [6, 6.07) is 9.60. The highest BCUT2D eigenvalue weighted by molar-refractivity contribution is 7.08. The van der Waals surface area contributed by atoms with Crippen LogP contribution in [0, 0.1) is 0 Å². The van der Waals surface area contributed by atoms with Crippen LogP contribution >= 0.6 is 11.3 Å². The molecule has 0 aliphatic rings. The van der Waals surface area contributed by atoms with Crippen molar-refractivity contribution in [1.29, 1.82) is 0 Å². The maximum absolute atomic E-state index is 11.8. The summed E-state index contributed by atoms with van der Waals surface area (Å²) < 4.78 is 2.03. The normalized spacial score (nSPS) is 12.5. The van der Waals surface area contributed by atoms with Crippen LogP contribution in [0.3, 0.4) is 0 Å². The molecule has 108 valence electrons. The third-order valence-corrected chi connectivity index (χ3v) is 4.22. The van der Waals surface area contributed by atoms with E-state index >= 15 is 0 Å². The predicted molar refractivity (Wildman–Crippen MR) is 84.5 cm³/mol. The number of benzene rings is 1. The SMILES string of the molecule is Cn1ccc2cc([C@@H](O)CNC(=O)c3ccsc3)ccc21. The van der Waals surface area contributed by atoms with Crippen LogP contribution in [0.2, 0.25) is 0 Å². The van der Waals surface area contributed by atoms with E-state index < -0.39 is 6.10 Å². The van der Waals surface area contributed by atoms with E-state index in [1.807, 2.05) is 47.5 Å². The van der Waals surface area contributed by atoms with E-state index in [4.69, 9.17) is 0 Å². The van der Waals surface area contributed by atoms with E-state index in [1.165, 1.54) is 11.3 Å². The van der Waals surface area contributed by atoms with Crippen LogP contribution in [0.4, 0.5) is 0 Å². The van der Waals surface area contributed by atoms with E-state index in [0.717, 1.165) is 16.5 Å². The Balaban J connectivity index is 1.69. The lowest BCUT2D eigenvalue weighted by Crippen LogP contribution is -2.28. The molecule has 0 saturated heterocycles. The summed E-state index contributed by atoms with van der Waals surface area (Å²) in [6.07, 6.45) is 1.27. The topological polar surface area (TPSA) is 54.3 Å². The van der Waals surface area contributed by atoms with Crippen LogP contribution in [0.15, 0.2) is 47.3 Å². The number of carbonyl (C=O) groups is 1. The highest BCUT2D eigenvalue weighted by atomic mass is 32.1. The van der Waals surface area contributed by atoms with Crippen molar-refractivity contribution < 1.29 is 9.90 Å². The molecular formula is C16H16N2O2S. The largest absolute Gasteiger partial charge is 0.387 e. The maximum atomic E-state index is 11.8. The summed E-state index contributed by atoms with van der Waals surface area (Å²) in [5.41, 5.74) is 2.55. The van der Waals surface area contributed by atoms with E-state index in [1.54, 1.807) is 11.4 Å². The van der Waals surface area contributed by atoms with Crippen molar-refractivity contribution in [3.63, 3.8) is 0 Å². The van der Waals surface area contributed by atoms with Gasteiger partial charge in [-0.05, 0) is 40.6 Å². The fraction of sp³-hybridized carbons (Fsp3) is 0.188. The van der Waals surface area contributed by atoms with E-state index in [0.29, 0.717) is 5.56 Å². The summed E-state index contributed by atoms with van der Waals surface area (Å²) in [5, 5.41) is 17.7. The van der Waals surface area contributed by atoms with Crippen molar-refractivity contribution in [2.45, 2.75) is 6.10 Å². The molecule has 0 unspecified atom stereocenters. The summed E-state index contributed by atoms with van der Waals surface area (Å²) in [4.78, 5) is 11.8. The van der Waals surface area contributed by atoms with Gasteiger partial charge >= 0.3 is 0 Å². The second-order valence-corrected chi connectivity index (χ2v) is 5.76. The molecule has 3 rings (SSSR count). The number of nitrogens with one attached hydrogen (secondary N) is 1. The lowest BCUT2D eigenvalue weighted by atomic mass is 10.1. The third-order valence-electron chi connectivity index (χ3n) is 3.53. The molecule has 5 heteroatoms. The van der Waals surface area contributed by atoms with Crippen LogP contribution < -0.4 is 5.32 Å². The molecule has 2 heterocycles. The van der Waals surface area contributed by atoms with Gasteiger partial charge in [-0.2, -0.15) is 11.3 Å². The zero-order valence-electron chi connectivity index (χ0n) is 11.6. The molecule has 2 aromatic heterocycles. The molecule has 21 heavy (non-hydrogen) atoms. The molecule has 0 radical (unpaired) electrons. The number of carbonyl (C=O) groups excluding carboxylic acids is 1. The maximum Gasteiger partial charge on any atom is 0.252 e. The second kappa shape index (κ2) is 5.71. The fourth-order valence-electron chi connectivity index (χ4n) is 2.31. The molecule has 0 aliphatic heterocycles. The van der Waals surface area contributed by atoms with Gasteiger partial charge in [0.25, 0.3) is 5.91 Å². The van der Waals surface area contributed by atoms with Gasteiger partial charge in [-0.15, -0.1) is 0 Å². The molecule has 1 amide bonds. The quantitative estimate of drug-likeness (QED) is 0.778. The first-order valence-corrected chi connectivity index (χ1v) is 7.63. The molecule has 0 bridgehead atoms. The number of aryl methyl sites for hydroxylation is 1. The first kappa shape index (κ1) is 13.9. The first-order valence-electron chi connectivity index (χ1n) is 6.68. The third kappa shape index (κ3) is 2.84. The van der Waals surface area contributed by atoms with Crippen LogP contribution in [0.25, 0.3) is 10.9 Å². The number of amides is 1. The zero-order valence-corrected chi connectivity index (χ0v) is 12.4. The number of aliphatic hydroxyl groups is 1. The molecule has 0 aliphatic carbocycles. The zero-order chi connectivity index (χ0) is 14.8. The van der Waals surface area contributed by atoms with Crippen LogP contribution in [0.1, 0.15) is 22.0 Å². The Morgan fingerprint density at radius 1 is 1.38 bits per heavy atom. The van der Waals surface area contributed by atoms with Crippen molar-refractivity contribution in [2.75, 3.05) is 6.54 Å². The summed E-state index contributed by atoms with van der Waals surface area (Å²) in [6.45, 7) is 0.201. The number of hydrogen-bond donors (Lipinski definition) is 2. The van der Waals surface area contributed by atoms with Gasteiger partial charge in [0, 0.05) is 36.2 Å². The lowest BCUT2D eigenvalue weighted by molar-refractivity contribution is 0.0917. The van der Waals surface area contributed by atoms with Crippen molar-refractivity contribution in [3.8, 4) is 0 Å². The van der Waals surface area contributed by atoms with Crippen molar-refractivity contribution >= 4 is 28.1 Å². The monoisotopic (exact) mass is 300 g/mol. The molecular weight excluding hydrogens is 284 g/mol. The van der Waals surface area contributed by atoms with Gasteiger partial charge in [0.1, 0.15) is 0 Å². The molecule has 4 nitrogen and oxygen atoms in total. The van der Waals surface area contributed by atoms with Crippen molar-refractivity contribution in [1.82, 2.24) is 9.88 Å². The molecule has 1 atom stereocenters. The van der Waals surface area contributed by atoms with Crippen LogP contribution in [-0.4, -0.2) is 22.1 Å². The Kier molecular flexibility index (Phi) is 3.77. The Labute approximate surface area is 126 Å². The standard InChI is InChI=1S/C16H16N2O2S/c1-18-6-4-11-8-12(2-3-14(11)18)15(19)9-17-16(20)13-5-7-21-10-13/h2-8,10,15,19H,9H2,1H3,(H,17,20)/t15-/m0/s1. The number of rotatable bonds is 4. The lowest BCUT2D eigenvalue weighted by Gasteiger charge is -2.12. The van der Waals surface area contributed by atoms with Gasteiger partial charge in [-0.25, -0.2) is 0 Å². The van der Waals surface area contributed by atoms with Gasteiger partial charge in [0.2, 0.25) is 0 Å². The van der Waals surface area contributed by atoms with Crippen LogP contribution in [-0.2, 0) is 7.05 Å². The average Bonchev–Trinajstić information content (AvgIpc) is 3.14.